The van der Waals surface area contributed by atoms with Crippen molar-refractivity contribution in [1.29, 1.82) is 0 Å². The molecule has 34 heavy (non-hydrogen) atoms. The summed E-state index contributed by atoms with van der Waals surface area (Å²) in [5, 5.41) is 14.5. The monoisotopic (exact) mass is 463 g/mol. The molecule has 0 aliphatic heterocycles. The predicted molar refractivity (Wildman–Crippen MR) is 121 cm³/mol. The minimum atomic E-state index is -1.13. The third-order valence-corrected chi connectivity index (χ3v) is 5.23. The van der Waals surface area contributed by atoms with E-state index in [0.29, 0.717) is 5.56 Å². The van der Waals surface area contributed by atoms with Gasteiger partial charge in [-0.3, -0.25) is 19.5 Å². The SMILES string of the molecule is O=C(O)C[C@@H](NC(=O)c1cc(=O)n(-c2ccccc2F)[nH]1)c1ccc(-c2ccc(F)cc2)cc1. The lowest BCUT2D eigenvalue weighted by Gasteiger charge is -2.17. The highest BCUT2D eigenvalue weighted by Gasteiger charge is 2.21. The van der Waals surface area contributed by atoms with Crippen LogP contribution in [-0.4, -0.2) is 26.8 Å². The zero-order valence-electron chi connectivity index (χ0n) is 17.7. The van der Waals surface area contributed by atoms with Crippen LogP contribution in [0.3, 0.4) is 0 Å². The fraction of sp³-hybridized carbons (Fsp3) is 0.0800. The number of nitrogens with one attached hydrogen (secondary N) is 2. The van der Waals surface area contributed by atoms with Crippen LogP contribution in [0.2, 0.25) is 0 Å². The van der Waals surface area contributed by atoms with Crippen LogP contribution in [0.15, 0.2) is 83.7 Å². The summed E-state index contributed by atoms with van der Waals surface area (Å²) in [7, 11) is 0. The summed E-state index contributed by atoms with van der Waals surface area (Å²) in [5.74, 6) is -2.86. The van der Waals surface area contributed by atoms with Gasteiger partial charge in [-0.1, -0.05) is 48.5 Å². The molecule has 0 spiro atoms. The van der Waals surface area contributed by atoms with Crippen LogP contribution < -0.4 is 10.9 Å². The minimum Gasteiger partial charge on any atom is -0.481 e. The highest BCUT2D eigenvalue weighted by atomic mass is 19.1. The fourth-order valence-corrected chi connectivity index (χ4v) is 3.54. The summed E-state index contributed by atoms with van der Waals surface area (Å²) in [5.41, 5.74) is 1.25. The molecule has 1 atom stereocenters. The van der Waals surface area contributed by atoms with Gasteiger partial charge in [0.1, 0.15) is 23.0 Å². The maximum atomic E-state index is 14.1. The molecule has 7 nitrogen and oxygen atoms in total. The molecule has 0 unspecified atom stereocenters. The Morgan fingerprint density at radius 3 is 2.18 bits per heavy atom. The molecule has 172 valence electrons. The maximum Gasteiger partial charge on any atom is 0.305 e. The molecular formula is C25H19F2N3O4. The van der Waals surface area contributed by atoms with E-state index < -0.39 is 35.7 Å². The number of carbonyl (C=O) groups is 2. The van der Waals surface area contributed by atoms with E-state index in [0.717, 1.165) is 21.9 Å². The number of carboxylic acid groups (broad SMARTS) is 1. The van der Waals surface area contributed by atoms with Crippen molar-refractivity contribution >= 4 is 11.9 Å². The summed E-state index contributed by atoms with van der Waals surface area (Å²) >= 11 is 0. The van der Waals surface area contributed by atoms with E-state index in [4.69, 9.17) is 0 Å². The molecule has 0 aliphatic rings. The van der Waals surface area contributed by atoms with E-state index >= 15 is 0 Å². The molecule has 0 fully saturated rings. The number of aromatic nitrogens is 2. The Hall–Kier alpha value is -4.53. The largest absolute Gasteiger partial charge is 0.481 e. The van der Waals surface area contributed by atoms with Gasteiger partial charge in [0.25, 0.3) is 11.5 Å². The van der Waals surface area contributed by atoms with Crippen molar-refractivity contribution in [2.24, 2.45) is 0 Å². The van der Waals surface area contributed by atoms with E-state index in [9.17, 15) is 28.3 Å². The van der Waals surface area contributed by atoms with Crippen LogP contribution in [0, 0.1) is 11.6 Å². The number of H-pyrrole nitrogens is 1. The van der Waals surface area contributed by atoms with Crippen molar-refractivity contribution in [3.05, 3.63) is 112 Å². The van der Waals surface area contributed by atoms with Gasteiger partial charge in [0, 0.05) is 6.07 Å². The number of benzene rings is 3. The van der Waals surface area contributed by atoms with E-state index in [2.05, 4.69) is 10.4 Å². The quantitative estimate of drug-likeness (QED) is 0.385. The lowest BCUT2D eigenvalue weighted by Crippen LogP contribution is -2.30. The number of carboxylic acids is 1. The van der Waals surface area contributed by atoms with Crippen LogP contribution in [-0.2, 0) is 4.79 Å². The number of aliphatic carboxylic acids is 1. The van der Waals surface area contributed by atoms with Crippen molar-refractivity contribution in [2.45, 2.75) is 12.5 Å². The smallest absolute Gasteiger partial charge is 0.305 e. The number of carbonyl (C=O) groups excluding carboxylic acids is 1. The van der Waals surface area contributed by atoms with Gasteiger partial charge in [0.2, 0.25) is 0 Å². The molecule has 0 aliphatic carbocycles. The van der Waals surface area contributed by atoms with Crippen LogP contribution in [0.4, 0.5) is 8.78 Å². The predicted octanol–water partition coefficient (Wildman–Crippen LogP) is 4.06. The van der Waals surface area contributed by atoms with Gasteiger partial charge in [-0.15, -0.1) is 0 Å². The van der Waals surface area contributed by atoms with E-state index in [-0.39, 0.29) is 17.2 Å². The third kappa shape index (κ3) is 4.93. The topological polar surface area (TPSA) is 104 Å². The summed E-state index contributed by atoms with van der Waals surface area (Å²) in [6, 6.07) is 18.4. The number of rotatable bonds is 7. The van der Waals surface area contributed by atoms with Gasteiger partial charge in [-0.25, -0.2) is 13.5 Å². The van der Waals surface area contributed by atoms with Gasteiger partial charge < -0.3 is 10.4 Å². The number of halogens is 2. The first-order valence-electron chi connectivity index (χ1n) is 10.3. The number of hydrogen-bond acceptors (Lipinski definition) is 3. The highest BCUT2D eigenvalue weighted by molar-refractivity contribution is 5.92. The Kier molecular flexibility index (Phi) is 6.35. The van der Waals surface area contributed by atoms with Gasteiger partial charge in [-0.2, -0.15) is 0 Å². The summed E-state index contributed by atoms with van der Waals surface area (Å²) < 4.78 is 28.1. The summed E-state index contributed by atoms with van der Waals surface area (Å²) in [6.07, 6.45) is -0.403. The molecule has 4 aromatic rings. The molecule has 0 saturated heterocycles. The number of nitrogens with zero attached hydrogens (tertiary/aromatic N) is 1. The second-order valence-corrected chi connectivity index (χ2v) is 7.55. The van der Waals surface area contributed by atoms with Crippen molar-refractivity contribution in [1.82, 2.24) is 15.1 Å². The Morgan fingerprint density at radius 2 is 1.56 bits per heavy atom. The Labute approximate surface area is 192 Å². The lowest BCUT2D eigenvalue weighted by molar-refractivity contribution is -0.137. The standard InChI is InChI=1S/C25H19F2N3O4/c26-18-11-9-16(10-12-18)15-5-7-17(8-6-15)20(14-24(32)33)28-25(34)21-13-23(31)30(29-21)22-4-2-1-3-19(22)27/h1-13,20,29H,14H2,(H,28,34)(H,32,33)/t20-/m1/s1. The summed E-state index contributed by atoms with van der Waals surface area (Å²) in [4.78, 5) is 36.5. The molecule has 4 rings (SSSR count). The number of amides is 1. The van der Waals surface area contributed by atoms with E-state index in [1.54, 1.807) is 42.5 Å². The third-order valence-electron chi connectivity index (χ3n) is 5.23. The number of para-hydroxylation sites is 1. The summed E-state index contributed by atoms with van der Waals surface area (Å²) in [6.45, 7) is 0. The lowest BCUT2D eigenvalue weighted by atomic mass is 9.99. The number of hydrogen-bond donors (Lipinski definition) is 3. The molecule has 1 aromatic heterocycles. The molecule has 0 bridgehead atoms. The molecular weight excluding hydrogens is 444 g/mol. The average molecular weight is 463 g/mol. The zero-order valence-corrected chi connectivity index (χ0v) is 17.7. The van der Waals surface area contributed by atoms with Gasteiger partial charge >= 0.3 is 5.97 Å². The first kappa shape index (κ1) is 22.7. The molecule has 0 saturated carbocycles. The van der Waals surface area contributed by atoms with Crippen LogP contribution in [0.5, 0.6) is 0 Å². The Balaban J connectivity index is 1.57. The Bertz CT molecular complexity index is 1390. The Morgan fingerprint density at radius 1 is 0.941 bits per heavy atom. The van der Waals surface area contributed by atoms with Crippen LogP contribution in [0.25, 0.3) is 16.8 Å². The molecule has 9 heteroatoms. The highest BCUT2D eigenvalue weighted by Crippen LogP contribution is 2.24. The van der Waals surface area contributed by atoms with Crippen molar-refractivity contribution in [2.75, 3.05) is 0 Å². The fourth-order valence-electron chi connectivity index (χ4n) is 3.54. The van der Waals surface area contributed by atoms with Crippen molar-refractivity contribution in [3.8, 4) is 16.8 Å². The van der Waals surface area contributed by atoms with Crippen LogP contribution in [0.1, 0.15) is 28.5 Å². The van der Waals surface area contributed by atoms with Crippen molar-refractivity contribution < 1.29 is 23.5 Å². The second-order valence-electron chi connectivity index (χ2n) is 7.55. The molecule has 0 radical (unpaired) electrons. The molecule has 3 aromatic carbocycles. The van der Waals surface area contributed by atoms with Gasteiger partial charge in [0.05, 0.1) is 12.5 Å². The second kappa shape index (κ2) is 9.53. The first-order valence-corrected chi connectivity index (χ1v) is 10.3. The van der Waals surface area contributed by atoms with E-state index in [1.807, 2.05) is 0 Å². The van der Waals surface area contributed by atoms with E-state index in [1.165, 1.54) is 30.3 Å². The first-order chi connectivity index (χ1) is 16.3. The molecule has 3 N–H and O–H groups in total. The van der Waals surface area contributed by atoms with Crippen LogP contribution >= 0.6 is 0 Å². The van der Waals surface area contributed by atoms with Gasteiger partial charge in [0.15, 0.2) is 0 Å². The minimum absolute atomic E-state index is 0.0509. The number of aromatic amines is 1. The average Bonchev–Trinajstić information content (AvgIpc) is 3.21. The van der Waals surface area contributed by atoms with Gasteiger partial charge in [-0.05, 0) is 41.0 Å². The maximum absolute atomic E-state index is 14.1. The van der Waals surface area contributed by atoms with Crippen molar-refractivity contribution in [3.63, 3.8) is 0 Å². The normalized spacial score (nSPS) is 11.7. The molecule has 1 amide bonds. The molecule has 1 heterocycles. The zero-order chi connectivity index (χ0) is 24.2.